The Morgan fingerprint density at radius 3 is 2.35 bits per heavy atom. The van der Waals surface area contributed by atoms with Crippen molar-refractivity contribution in [2.24, 2.45) is 23.7 Å². The maximum atomic E-state index is 12.1. The number of likely N-dealkylation sites (tertiary alicyclic amines) is 1. The molecule has 5 aliphatic rings. The molecule has 1 aromatic rings. The molecule has 4 bridgehead atoms. The summed E-state index contributed by atoms with van der Waals surface area (Å²) in [6.45, 7) is 0.485. The van der Waals surface area contributed by atoms with E-state index in [0.29, 0.717) is 42.2 Å². The van der Waals surface area contributed by atoms with Crippen LogP contribution in [0.4, 0.5) is 10.7 Å². The van der Waals surface area contributed by atoms with E-state index in [0.717, 1.165) is 32.1 Å². The number of anilines is 1. The number of aromatic nitrogens is 2. The molecule has 2 heterocycles. The van der Waals surface area contributed by atoms with E-state index >= 15 is 0 Å². The lowest BCUT2D eigenvalue weighted by atomic mass is 9.48. The van der Waals surface area contributed by atoms with Gasteiger partial charge in [0, 0.05) is 33.0 Å². The molecule has 168 valence electrons. The van der Waals surface area contributed by atoms with Crippen LogP contribution in [-0.4, -0.2) is 80.3 Å². The molecule has 0 aromatic carbocycles. The first-order chi connectivity index (χ1) is 14.7. The molecule has 7 atom stereocenters. The van der Waals surface area contributed by atoms with Crippen LogP contribution in [0.25, 0.3) is 0 Å². The summed E-state index contributed by atoms with van der Waals surface area (Å²) >= 11 is 0. The molecule has 9 heteroatoms. The number of hydrogen-bond acceptors (Lipinski definition) is 6. The second-order valence-electron chi connectivity index (χ2n) is 10.3. The summed E-state index contributed by atoms with van der Waals surface area (Å²) < 4.78 is 0. The highest BCUT2D eigenvalue weighted by molar-refractivity contribution is 5.93. The molecule has 4 saturated carbocycles. The Labute approximate surface area is 181 Å². The van der Waals surface area contributed by atoms with Gasteiger partial charge in [0.05, 0.1) is 23.2 Å². The summed E-state index contributed by atoms with van der Waals surface area (Å²) in [5.41, 5.74) is -0.125. The fourth-order valence-electron chi connectivity index (χ4n) is 7.19. The standard InChI is InChI=1S/C22H31N5O4/c1-26(2)19(28)15-10-23-20(24-11-15)25-16-3-4-27(21(29)30)18(16)17-13-5-12-6-14(17)9-22(31,7-12)8-13/h10-14,16-18,31H,3-9H2,1-2H3,(H,29,30)(H,23,24,25)/t12?,13-,14?,16?,17?,18-,22?/m0/s1. The van der Waals surface area contributed by atoms with Crippen molar-refractivity contribution < 1.29 is 19.8 Å². The van der Waals surface area contributed by atoms with Gasteiger partial charge in [-0.3, -0.25) is 4.79 Å². The van der Waals surface area contributed by atoms with E-state index in [1.54, 1.807) is 19.0 Å². The Bertz CT molecular complexity index is 859. The summed E-state index contributed by atoms with van der Waals surface area (Å²) in [5, 5.41) is 24.2. The zero-order chi connectivity index (χ0) is 21.9. The van der Waals surface area contributed by atoms with Crippen LogP contribution in [0.5, 0.6) is 0 Å². The molecule has 1 aromatic heterocycles. The summed E-state index contributed by atoms with van der Waals surface area (Å²) in [5.74, 6) is 1.82. The molecule has 1 saturated heterocycles. The normalized spacial score (nSPS) is 38.4. The Morgan fingerprint density at radius 1 is 1.16 bits per heavy atom. The molecular formula is C22H31N5O4. The summed E-state index contributed by atoms with van der Waals surface area (Å²) in [6.07, 6.45) is 7.52. The molecule has 4 aliphatic carbocycles. The van der Waals surface area contributed by atoms with Gasteiger partial charge in [-0.25, -0.2) is 14.8 Å². The van der Waals surface area contributed by atoms with Gasteiger partial charge in [-0.1, -0.05) is 0 Å². The van der Waals surface area contributed by atoms with Gasteiger partial charge in [-0.15, -0.1) is 0 Å². The lowest BCUT2D eigenvalue weighted by Gasteiger charge is -2.60. The molecule has 3 N–H and O–H groups in total. The number of nitrogens with zero attached hydrogens (tertiary/aromatic N) is 4. The third-order valence-corrected chi connectivity index (χ3v) is 8.03. The number of carbonyl (C=O) groups excluding carboxylic acids is 1. The minimum absolute atomic E-state index is 0.0799. The largest absolute Gasteiger partial charge is 0.465 e. The summed E-state index contributed by atoms with van der Waals surface area (Å²) in [7, 11) is 3.36. The van der Waals surface area contributed by atoms with Gasteiger partial charge in [-0.2, -0.15) is 0 Å². The number of hydrogen-bond donors (Lipinski definition) is 3. The topological polar surface area (TPSA) is 119 Å². The van der Waals surface area contributed by atoms with E-state index in [1.165, 1.54) is 17.3 Å². The van der Waals surface area contributed by atoms with Gasteiger partial charge in [0.15, 0.2) is 0 Å². The van der Waals surface area contributed by atoms with E-state index < -0.39 is 11.7 Å². The number of amides is 2. The highest BCUT2D eigenvalue weighted by Gasteiger charge is 2.59. The predicted octanol–water partition coefficient (Wildman–Crippen LogP) is 1.90. The Morgan fingerprint density at radius 2 is 1.81 bits per heavy atom. The zero-order valence-electron chi connectivity index (χ0n) is 18.1. The van der Waals surface area contributed by atoms with E-state index in [4.69, 9.17) is 0 Å². The van der Waals surface area contributed by atoms with Crippen LogP contribution >= 0.6 is 0 Å². The molecule has 0 spiro atoms. The van der Waals surface area contributed by atoms with Gasteiger partial charge in [0.1, 0.15) is 0 Å². The van der Waals surface area contributed by atoms with E-state index in [-0.39, 0.29) is 23.9 Å². The van der Waals surface area contributed by atoms with E-state index in [9.17, 15) is 19.8 Å². The molecule has 1 aliphatic heterocycles. The Hall–Kier alpha value is -2.42. The summed E-state index contributed by atoms with van der Waals surface area (Å²) in [6, 6.07) is -0.230. The molecule has 9 nitrogen and oxygen atoms in total. The second-order valence-corrected chi connectivity index (χ2v) is 10.3. The Balaban J connectivity index is 1.37. The molecule has 5 fully saturated rings. The molecule has 5 unspecified atom stereocenters. The molecule has 0 radical (unpaired) electrons. The lowest BCUT2D eigenvalue weighted by molar-refractivity contribution is -0.162. The van der Waals surface area contributed by atoms with Gasteiger partial charge in [0.25, 0.3) is 5.91 Å². The summed E-state index contributed by atoms with van der Waals surface area (Å²) in [4.78, 5) is 35.9. The van der Waals surface area contributed by atoms with Crippen molar-refractivity contribution in [3.05, 3.63) is 18.0 Å². The quantitative estimate of drug-likeness (QED) is 0.669. The van der Waals surface area contributed by atoms with Crippen LogP contribution in [0, 0.1) is 23.7 Å². The minimum Gasteiger partial charge on any atom is -0.465 e. The maximum absolute atomic E-state index is 12.1. The third kappa shape index (κ3) is 3.52. The second kappa shape index (κ2) is 7.32. The van der Waals surface area contributed by atoms with Crippen molar-refractivity contribution in [2.45, 2.75) is 56.2 Å². The van der Waals surface area contributed by atoms with E-state index in [1.807, 2.05) is 0 Å². The Kier molecular flexibility index (Phi) is 4.84. The van der Waals surface area contributed by atoms with Crippen molar-refractivity contribution in [1.29, 1.82) is 0 Å². The smallest absolute Gasteiger partial charge is 0.407 e. The zero-order valence-corrected chi connectivity index (χ0v) is 18.1. The number of carbonyl (C=O) groups is 2. The molecule has 2 amide bonds. The number of nitrogens with one attached hydrogen (secondary N) is 1. The average molecular weight is 430 g/mol. The van der Waals surface area contributed by atoms with Crippen LogP contribution in [-0.2, 0) is 0 Å². The maximum Gasteiger partial charge on any atom is 0.407 e. The van der Waals surface area contributed by atoms with Crippen molar-refractivity contribution in [1.82, 2.24) is 19.8 Å². The van der Waals surface area contributed by atoms with Crippen LogP contribution < -0.4 is 5.32 Å². The first kappa shape index (κ1) is 20.5. The van der Waals surface area contributed by atoms with E-state index in [2.05, 4.69) is 15.3 Å². The van der Waals surface area contributed by atoms with Crippen LogP contribution in [0.1, 0.15) is 48.9 Å². The monoisotopic (exact) mass is 429 g/mol. The first-order valence-corrected chi connectivity index (χ1v) is 11.3. The van der Waals surface area contributed by atoms with Crippen LogP contribution in [0.3, 0.4) is 0 Å². The highest BCUT2D eigenvalue weighted by atomic mass is 16.4. The lowest BCUT2D eigenvalue weighted by Crippen LogP contribution is -2.61. The fourth-order valence-corrected chi connectivity index (χ4v) is 7.19. The van der Waals surface area contributed by atoms with Gasteiger partial charge < -0.3 is 25.3 Å². The SMILES string of the molecule is CN(C)C(=O)c1cnc(NC2CCN(C(=O)O)[C@@H]2C2C3CC4C[C@H]2CC(O)(C4)C3)nc1. The number of aliphatic hydroxyl groups is 1. The fraction of sp³-hybridized carbons (Fsp3) is 0.727. The minimum atomic E-state index is -0.880. The average Bonchev–Trinajstić information content (AvgIpc) is 3.10. The van der Waals surface area contributed by atoms with Crippen molar-refractivity contribution in [3.8, 4) is 0 Å². The molecular weight excluding hydrogens is 398 g/mol. The van der Waals surface area contributed by atoms with Crippen molar-refractivity contribution >= 4 is 17.9 Å². The first-order valence-electron chi connectivity index (χ1n) is 11.3. The predicted molar refractivity (Wildman–Crippen MR) is 113 cm³/mol. The van der Waals surface area contributed by atoms with Crippen LogP contribution in [0.2, 0.25) is 0 Å². The van der Waals surface area contributed by atoms with Gasteiger partial charge in [0.2, 0.25) is 5.95 Å². The molecule has 31 heavy (non-hydrogen) atoms. The van der Waals surface area contributed by atoms with Gasteiger partial charge >= 0.3 is 6.09 Å². The van der Waals surface area contributed by atoms with Crippen molar-refractivity contribution in [2.75, 3.05) is 26.0 Å². The highest BCUT2D eigenvalue weighted by Crippen LogP contribution is 2.60. The van der Waals surface area contributed by atoms with Crippen LogP contribution in [0.15, 0.2) is 12.4 Å². The van der Waals surface area contributed by atoms with Gasteiger partial charge in [-0.05, 0) is 62.2 Å². The number of carboxylic acid groups (broad SMARTS) is 1. The molecule has 6 rings (SSSR count). The third-order valence-electron chi connectivity index (χ3n) is 8.03. The number of rotatable bonds is 4. The van der Waals surface area contributed by atoms with Crippen molar-refractivity contribution in [3.63, 3.8) is 0 Å².